The summed E-state index contributed by atoms with van der Waals surface area (Å²) in [5, 5.41) is 7.03. The highest BCUT2D eigenvalue weighted by Gasteiger charge is 2.22. The number of nitrogens with zero attached hydrogens (tertiary/aromatic N) is 1. The van der Waals surface area contributed by atoms with E-state index in [1.54, 1.807) is 6.92 Å². The second-order valence-electron chi connectivity index (χ2n) is 5.67. The highest BCUT2D eigenvalue weighted by molar-refractivity contribution is 9.10. The number of carbonyl (C=O) groups excluding carboxylic acids is 1. The van der Waals surface area contributed by atoms with Crippen molar-refractivity contribution >= 4 is 27.5 Å². The molecule has 0 aliphatic rings. The summed E-state index contributed by atoms with van der Waals surface area (Å²) in [6.07, 6.45) is 0. The molecule has 5 heteroatoms. The van der Waals surface area contributed by atoms with Crippen LogP contribution in [0.25, 0.3) is 11.3 Å². The van der Waals surface area contributed by atoms with Crippen molar-refractivity contribution in [3.63, 3.8) is 0 Å². The Hall–Kier alpha value is -2.40. The van der Waals surface area contributed by atoms with E-state index in [0.717, 1.165) is 26.9 Å². The maximum Gasteiger partial charge on any atom is 0.261 e. The molecule has 0 atom stereocenters. The molecule has 3 rings (SSSR count). The predicted molar refractivity (Wildman–Crippen MR) is 98.2 cm³/mol. The number of aromatic nitrogens is 1. The monoisotopic (exact) mass is 384 g/mol. The van der Waals surface area contributed by atoms with Crippen LogP contribution in [0.3, 0.4) is 0 Å². The molecule has 0 aliphatic heterocycles. The SMILES string of the molecule is Cc1cccc(NC(=O)c2c(-c3ccc(Br)cc3)noc2C)c1C. The van der Waals surface area contributed by atoms with Crippen molar-refractivity contribution in [3.8, 4) is 11.3 Å². The van der Waals surface area contributed by atoms with Gasteiger partial charge >= 0.3 is 0 Å². The Balaban J connectivity index is 1.97. The van der Waals surface area contributed by atoms with E-state index in [2.05, 4.69) is 26.4 Å². The van der Waals surface area contributed by atoms with Crippen LogP contribution in [0.2, 0.25) is 0 Å². The Labute approximate surface area is 149 Å². The fourth-order valence-corrected chi connectivity index (χ4v) is 2.78. The normalized spacial score (nSPS) is 10.7. The van der Waals surface area contributed by atoms with Crippen molar-refractivity contribution in [1.82, 2.24) is 5.16 Å². The highest BCUT2D eigenvalue weighted by atomic mass is 79.9. The van der Waals surface area contributed by atoms with Crippen molar-refractivity contribution in [2.24, 2.45) is 0 Å². The number of rotatable bonds is 3. The number of hydrogen-bond donors (Lipinski definition) is 1. The fraction of sp³-hybridized carbons (Fsp3) is 0.158. The summed E-state index contributed by atoms with van der Waals surface area (Å²) >= 11 is 3.41. The summed E-state index contributed by atoms with van der Waals surface area (Å²) < 4.78 is 6.24. The molecule has 1 heterocycles. The maximum atomic E-state index is 12.8. The molecule has 3 aromatic rings. The number of anilines is 1. The maximum absolute atomic E-state index is 12.8. The molecular formula is C19H17BrN2O2. The van der Waals surface area contributed by atoms with Gasteiger partial charge < -0.3 is 9.84 Å². The molecule has 122 valence electrons. The molecule has 0 fully saturated rings. The fourth-order valence-electron chi connectivity index (χ4n) is 2.52. The molecule has 0 bridgehead atoms. The van der Waals surface area contributed by atoms with E-state index in [1.807, 2.05) is 56.3 Å². The highest BCUT2D eigenvalue weighted by Crippen LogP contribution is 2.28. The van der Waals surface area contributed by atoms with Crippen LogP contribution < -0.4 is 5.32 Å². The number of nitrogens with one attached hydrogen (secondary N) is 1. The van der Waals surface area contributed by atoms with Crippen molar-refractivity contribution in [3.05, 3.63) is 69.4 Å². The number of halogens is 1. The van der Waals surface area contributed by atoms with Gasteiger partial charge in [0, 0.05) is 15.7 Å². The van der Waals surface area contributed by atoms with E-state index in [1.165, 1.54) is 0 Å². The van der Waals surface area contributed by atoms with Gasteiger partial charge in [-0.15, -0.1) is 0 Å². The Kier molecular flexibility index (Phi) is 4.53. The summed E-state index contributed by atoms with van der Waals surface area (Å²) in [5.41, 5.74) is 4.80. The van der Waals surface area contributed by atoms with Gasteiger partial charge in [-0.05, 0) is 50.1 Å². The van der Waals surface area contributed by atoms with Gasteiger partial charge in [0.25, 0.3) is 5.91 Å². The predicted octanol–water partition coefficient (Wildman–Crippen LogP) is 5.28. The summed E-state index contributed by atoms with van der Waals surface area (Å²) in [6, 6.07) is 13.4. The van der Waals surface area contributed by atoms with Crippen molar-refractivity contribution in [1.29, 1.82) is 0 Å². The third-order valence-corrected chi connectivity index (χ3v) is 4.59. The summed E-state index contributed by atoms with van der Waals surface area (Å²) in [4.78, 5) is 12.8. The molecule has 4 nitrogen and oxygen atoms in total. The minimum atomic E-state index is -0.222. The Morgan fingerprint density at radius 3 is 2.50 bits per heavy atom. The lowest BCUT2D eigenvalue weighted by Crippen LogP contribution is -2.14. The number of hydrogen-bond acceptors (Lipinski definition) is 3. The van der Waals surface area contributed by atoms with Crippen LogP contribution in [0, 0.1) is 20.8 Å². The standard InChI is InChI=1S/C19H17BrN2O2/c1-11-5-4-6-16(12(11)2)21-19(23)17-13(3)24-22-18(17)14-7-9-15(20)10-8-14/h4-10H,1-3H3,(H,21,23). The molecule has 24 heavy (non-hydrogen) atoms. The molecule has 0 radical (unpaired) electrons. The van der Waals surface area contributed by atoms with E-state index in [-0.39, 0.29) is 5.91 Å². The number of amides is 1. The van der Waals surface area contributed by atoms with Crippen LogP contribution in [0.4, 0.5) is 5.69 Å². The molecule has 0 saturated heterocycles. The molecule has 0 unspecified atom stereocenters. The third kappa shape index (κ3) is 3.12. The lowest BCUT2D eigenvalue weighted by atomic mass is 10.0. The van der Waals surface area contributed by atoms with Gasteiger partial charge in [-0.25, -0.2) is 0 Å². The van der Waals surface area contributed by atoms with Crippen molar-refractivity contribution < 1.29 is 9.32 Å². The zero-order chi connectivity index (χ0) is 17.3. The molecular weight excluding hydrogens is 368 g/mol. The van der Waals surface area contributed by atoms with Crippen molar-refractivity contribution in [2.75, 3.05) is 5.32 Å². The van der Waals surface area contributed by atoms with Crippen LogP contribution in [0.1, 0.15) is 27.2 Å². The lowest BCUT2D eigenvalue weighted by molar-refractivity contribution is 0.102. The van der Waals surface area contributed by atoms with E-state index in [9.17, 15) is 4.79 Å². The summed E-state index contributed by atoms with van der Waals surface area (Å²) in [5.74, 6) is 0.274. The minimum absolute atomic E-state index is 0.222. The van der Waals surface area contributed by atoms with Gasteiger partial charge in [-0.2, -0.15) is 0 Å². The first kappa shape index (κ1) is 16.5. The number of benzene rings is 2. The Morgan fingerprint density at radius 1 is 1.08 bits per heavy atom. The van der Waals surface area contributed by atoms with E-state index < -0.39 is 0 Å². The largest absolute Gasteiger partial charge is 0.360 e. The van der Waals surface area contributed by atoms with Gasteiger partial charge in [0.2, 0.25) is 0 Å². The van der Waals surface area contributed by atoms with E-state index in [0.29, 0.717) is 17.0 Å². The summed E-state index contributed by atoms with van der Waals surface area (Å²) in [6.45, 7) is 5.75. The zero-order valence-electron chi connectivity index (χ0n) is 13.7. The Morgan fingerprint density at radius 2 is 1.79 bits per heavy atom. The quantitative estimate of drug-likeness (QED) is 0.667. The first-order valence-electron chi connectivity index (χ1n) is 7.57. The first-order valence-corrected chi connectivity index (χ1v) is 8.36. The summed E-state index contributed by atoms with van der Waals surface area (Å²) in [7, 11) is 0. The molecule has 0 aliphatic carbocycles. The lowest BCUT2D eigenvalue weighted by Gasteiger charge is -2.10. The topological polar surface area (TPSA) is 55.1 Å². The van der Waals surface area contributed by atoms with Crippen LogP contribution >= 0.6 is 15.9 Å². The first-order chi connectivity index (χ1) is 11.5. The van der Waals surface area contributed by atoms with Gasteiger partial charge in [0.15, 0.2) is 0 Å². The number of aryl methyl sites for hydroxylation is 2. The second-order valence-corrected chi connectivity index (χ2v) is 6.59. The van der Waals surface area contributed by atoms with Crippen LogP contribution in [0.5, 0.6) is 0 Å². The van der Waals surface area contributed by atoms with Gasteiger partial charge in [-0.1, -0.05) is 45.4 Å². The van der Waals surface area contributed by atoms with Crippen LogP contribution in [0.15, 0.2) is 51.5 Å². The molecule has 2 aromatic carbocycles. The van der Waals surface area contributed by atoms with Gasteiger partial charge in [0.05, 0.1) is 0 Å². The third-order valence-electron chi connectivity index (χ3n) is 4.06. The van der Waals surface area contributed by atoms with E-state index >= 15 is 0 Å². The van der Waals surface area contributed by atoms with Crippen molar-refractivity contribution in [2.45, 2.75) is 20.8 Å². The molecule has 1 N–H and O–H groups in total. The van der Waals surface area contributed by atoms with Crippen LogP contribution in [-0.2, 0) is 0 Å². The molecule has 1 amide bonds. The Bertz CT molecular complexity index is 898. The van der Waals surface area contributed by atoms with Crippen LogP contribution in [-0.4, -0.2) is 11.1 Å². The average molecular weight is 385 g/mol. The smallest absolute Gasteiger partial charge is 0.261 e. The molecule has 1 aromatic heterocycles. The van der Waals surface area contributed by atoms with Gasteiger partial charge in [-0.3, -0.25) is 4.79 Å². The minimum Gasteiger partial charge on any atom is -0.360 e. The van der Waals surface area contributed by atoms with E-state index in [4.69, 9.17) is 4.52 Å². The number of carbonyl (C=O) groups is 1. The molecule has 0 spiro atoms. The van der Waals surface area contributed by atoms with Gasteiger partial charge in [0.1, 0.15) is 17.0 Å². The molecule has 0 saturated carbocycles. The zero-order valence-corrected chi connectivity index (χ0v) is 15.3. The second kappa shape index (κ2) is 6.61. The average Bonchev–Trinajstić information content (AvgIpc) is 2.94.